The lowest BCUT2D eigenvalue weighted by molar-refractivity contribution is -0.125. The molecule has 2 N–H and O–H groups in total. The number of carbonyl (C=O) groups is 1. The van der Waals surface area contributed by atoms with Crippen molar-refractivity contribution in [2.75, 3.05) is 0 Å². The van der Waals surface area contributed by atoms with E-state index in [0.717, 1.165) is 22.5 Å². The van der Waals surface area contributed by atoms with Gasteiger partial charge >= 0.3 is 0 Å². The van der Waals surface area contributed by atoms with Gasteiger partial charge in [0.1, 0.15) is 16.5 Å². The number of hydrogen-bond acceptors (Lipinski definition) is 5. The SMILES string of the molecule is O=C1CCC(O)(c2cc(-c3ccc(Cl)nc3)n(-c3ccc(CO)cc3)n2)CC1. The Hall–Kier alpha value is -2.54. The predicted molar refractivity (Wildman–Crippen MR) is 105 cm³/mol. The smallest absolute Gasteiger partial charge is 0.133 e. The Morgan fingerprint density at radius 2 is 1.82 bits per heavy atom. The van der Waals surface area contributed by atoms with Crippen LogP contribution in [0.25, 0.3) is 16.9 Å². The first-order valence-corrected chi connectivity index (χ1v) is 9.53. The Kier molecular flexibility index (Phi) is 5.02. The molecule has 0 atom stereocenters. The summed E-state index contributed by atoms with van der Waals surface area (Å²) in [5.74, 6) is 0.172. The summed E-state index contributed by atoms with van der Waals surface area (Å²) in [5.41, 5.74) is 2.58. The van der Waals surface area contributed by atoms with E-state index < -0.39 is 5.60 Å². The van der Waals surface area contributed by atoms with Gasteiger partial charge < -0.3 is 10.2 Å². The average Bonchev–Trinajstić information content (AvgIpc) is 3.17. The molecule has 4 rings (SSSR count). The molecule has 0 unspecified atom stereocenters. The molecular formula is C21H20ClN3O3. The van der Waals surface area contributed by atoms with Crippen LogP contribution in [0.15, 0.2) is 48.7 Å². The first kappa shape index (κ1) is 18.8. The minimum atomic E-state index is -1.13. The zero-order chi connectivity index (χ0) is 19.7. The molecule has 0 saturated heterocycles. The molecule has 1 saturated carbocycles. The summed E-state index contributed by atoms with van der Waals surface area (Å²) in [4.78, 5) is 15.8. The van der Waals surface area contributed by atoms with Gasteiger partial charge in [-0.25, -0.2) is 9.67 Å². The summed E-state index contributed by atoms with van der Waals surface area (Å²) in [5, 5.41) is 25.5. The lowest BCUT2D eigenvalue weighted by Crippen LogP contribution is -2.32. The predicted octanol–water partition coefficient (Wildman–Crippen LogP) is 3.41. The number of aliphatic hydroxyl groups is 2. The number of aromatic nitrogens is 3. The summed E-state index contributed by atoms with van der Waals surface area (Å²) < 4.78 is 1.75. The van der Waals surface area contributed by atoms with Crippen LogP contribution >= 0.6 is 11.6 Å². The van der Waals surface area contributed by atoms with Crippen LogP contribution < -0.4 is 0 Å². The minimum absolute atomic E-state index is 0.0353. The molecule has 3 aromatic rings. The van der Waals surface area contributed by atoms with Gasteiger partial charge in [0.05, 0.1) is 23.7 Å². The molecule has 144 valence electrons. The van der Waals surface area contributed by atoms with E-state index in [4.69, 9.17) is 11.6 Å². The standard InChI is InChI=1S/C21H20ClN3O3/c22-20-6-3-15(12-23-20)18-11-19(21(28)9-7-17(27)8-10-21)24-25(18)16-4-1-14(13-26)2-5-16/h1-6,11-12,26,28H,7-10,13H2. The summed E-state index contributed by atoms with van der Waals surface area (Å²) in [6, 6.07) is 12.8. The molecule has 1 aromatic carbocycles. The van der Waals surface area contributed by atoms with Gasteiger partial charge in [-0.3, -0.25) is 4.79 Å². The van der Waals surface area contributed by atoms with Crippen LogP contribution in [0.3, 0.4) is 0 Å². The van der Waals surface area contributed by atoms with Crippen LogP contribution in [0.1, 0.15) is 36.9 Å². The zero-order valence-corrected chi connectivity index (χ0v) is 15.9. The van der Waals surface area contributed by atoms with E-state index >= 15 is 0 Å². The largest absolute Gasteiger partial charge is 0.392 e. The fraction of sp³-hybridized carbons (Fsp3) is 0.286. The molecule has 0 bridgehead atoms. The fourth-order valence-corrected chi connectivity index (χ4v) is 3.59. The summed E-state index contributed by atoms with van der Waals surface area (Å²) >= 11 is 5.92. The Bertz CT molecular complexity index is 987. The third-order valence-corrected chi connectivity index (χ3v) is 5.43. The normalized spacial score (nSPS) is 16.3. The second kappa shape index (κ2) is 7.47. The third-order valence-electron chi connectivity index (χ3n) is 5.21. The molecule has 2 heterocycles. The van der Waals surface area contributed by atoms with E-state index in [0.29, 0.717) is 36.5 Å². The summed E-state index contributed by atoms with van der Waals surface area (Å²) in [6.45, 7) is -0.0353. The number of rotatable bonds is 4. The third kappa shape index (κ3) is 3.58. The van der Waals surface area contributed by atoms with Crippen molar-refractivity contribution in [2.45, 2.75) is 37.9 Å². The van der Waals surface area contributed by atoms with Crippen LogP contribution in [0, 0.1) is 0 Å². The first-order chi connectivity index (χ1) is 13.5. The van der Waals surface area contributed by atoms with Crippen molar-refractivity contribution in [1.29, 1.82) is 0 Å². The summed E-state index contributed by atoms with van der Waals surface area (Å²) in [6.07, 6.45) is 3.10. The molecule has 28 heavy (non-hydrogen) atoms. The van der Waals surface area contributed by atoms with E-state index in [1.165, 1.54) is 0 Å². The number of hydrogen-bond donors (Lipinski definition) is 2. The maximum atomic E-state index is 11.6. The summed E-state index contributed by atoms with van der Waals surface area (Å²) in [7, 11) is 0. The van der Waals surface area contributed by atoms with Gasteiger partial charge in [-0.05, 0) is 48.7 Å². The molecule has 1 aliphatic rings. The monoisotopic (exact) mass is 397 g/mol. The van der Waals surface area contributed by atoms with Gasteiger partial charge in [0, 0.05) is 24.6 Å². The molecule has 2 aromatic heterocycles. The van der Waals surface area contributed by atoms with E-state index in [1.54, 1.807) is 16.9 Å². The van der Waals surface area contributed by atoms with Crippen molar-refractivity contribution in [3.05, 3.63) is 65.1 Å². The Balaban J connectivity index is 1.81. The highest BCUT2D eigenvalue weighted by Crippen LogP contribution is 2.37. The number of aliphatic hydroxyl groups excluding tert-OH is 1. The number of halogens is 1. The highest BCUT2D eigenvalue weighted by atomic mass is 35.5. The van der Waals surface area contributed by atoms with Gasteiger partial charge in [-0.1, -0.05) is 23.7 Å². The molecule has 7 heteroatoms. The molecule has 0 radical (unpaired) electrons. The number of carbonyl (C=O) groups excluding carboxylic acids is 1. The second-order valence-electron chi connectivity index (χ2n) is 7.09. The van der Waals surface area contributed by atoms with E-state index in [1.807, 2.05) is 36.4 Å². The highest BCUT2D eigenvalue weighted by molar-refractivity contribution is 6.29. The van der Waals surface area contributed by atoms with Gasteiger partial charge in [0.2, 0.25) is 0 Å². The van der Waals surface area contributed by atoms with E-state index in [2.05, 4.69) is 10.1 Å². The lowest BCUT2D eigenvalue weighted by atomic mass is 9.82. The maximum absolute atomic E-state index is 11.6. The van der Waals surface area contributed by atoms with Crippen molar-refractivity contribution < 1.29 is 15.0 Å². The maximum Gasteiger partial charge on any atom is 0.133 e. The molecule has 1 aliphatic carbocycles. The number of nitrogens with zero attached hydrogens (tertiary/aromatic N) is 3. The van der Waals surface area contributed by atoms with Crippen molar-refractivity contribution in [1.82, 2.24) is 14.8 Å². The van der Waals surface area contributed by atoms with Crippen molar-refractivity contribution in [3.8, 4) is 16.9 Å². The minimum Gasteiger partial charge on any atom is -0.392 e. The van der Waals surface area contributed by atoms with Crippen molar-refractivity contribution >= 4 is 17.4 Å². The lowest BCUT2D eigenvalue weighted by Gasteiger charge is -2.29. The van der Waals surface area contributed by atoms with Crippen molar-refractivity contribution in [2.24, 2.45) is 0 Å². The number of ketones is 1. The zero-order valence-electron chi connectivity index (χ0n) is 15.2. The Labute approximate surface area is 167 Å². The van der Waals surface area contributed by atoms with Gasteiger partial charge in [-0.2, -0.15) is 5.10 Å². The highest BCUT2D eigenvalue weighted by Gasteiger charge is 2.37. The Morgan fingerprint density at radius 1 is 1.11 bits per heavy atom. The number of benzene rings is 1. The molecule has 0 spiro atoms. The van der Waals surface area contributed by atoms with Crippen molar-refractivity contribution in [3.63, 3.8) is 0 Å². The first-order valence-electron chi connectivity index (χ1n) is 9.15. The van der Waals surface area contributed by atoms with E-state index in [9.17, 15) is 15.0 Å². The van der Waals surface area contributed by atoms with Gasteiger partial charge in [0.15, 0.2) is 0 Å². The topological polar surface area (TPSA) is 88.2 Å². The number of Topliss-reactive ketones (excluding diaryl/α,β-unsaturated/α-hetero) is 1. The molecule has 0 amide bonds. The molecule has 1 fully saturated rings. The van der Waals surface area contributed by atoms with Crippen LogP contribution in [-0.2, 0) is 17.0 Å². The van der Waals surface area contributed by atoms with Crippen LogP contribution in [-0.4, -0.2) is 30.8 Å². The number of pyridine rings is 1. The quantitative estimate of drug-likeness (QED) is 0.658. The Morgan fingerprint density at radius 3 is 2.43 bits per heavy atom. The fourth-order valence-electron chi connectivity index (χ4n) is 3.48. The molecule has 0 aliphatic heterocycles. The average molecular weight is 398 g/mol. The van der Waals surface area contributed by atoms with Gasteiger partial charge in [0.25, 0.3) is 0 Å². The molecule has 6 nitrogen and oxygen atoms in total. The molecular weight excluding hydrogens is 378 g/mol. The second-order valence-corrected chi connectivity index (χ2v) is 7.48. The van der Waals surface area contributed by atoms with Crippen LogP contribution in [0.5, 0.6) is 0 Å². The van der Waals surface area contributed by atoms with Crippen LogP contribution in [0.4, 0.5) is 0 Å². The van der Waals surface area contributed by atoms with Crippen LogP contribution in [0.2, 0.25) is 5.15 Å². The van der Waals surface area contributed by atoms with E-state index in [-0.39, 0.29) is 12.4 Å². The van der Waals surface area contributed by atoms with Gasteiger partial charge in [-0.15, -0.1) is 0 Å².